The third kappa shape index (κ3) is 3.73. The van der Waals surface area contributed by atoms with Crippen LogP contribution in [0.25, 0.3) is 0 Å². The van der Waals surface area contributed by atoms with Crippen LogP contribution in [-0.2, 0) is 6.42 Å². The van der Waals surface area contributed by atoms with E-state index in [0.717, 1.165) is 22.4 Å². The summed E-state index contributed by atoms with van der Waals surface area (Å²) < 4.78 is 18.6. The van der Waals surface area contributed by atoms with E-state index in [4.69, 9.17) is 22.2 Å². The number of halogens is 2. The van der Waals surface area contributed by atoms with Crippen LogP contribution >= 0.6 is 11.6 Å². The molecule has 0 aliphatic rings. The lowest BCUT2D eigenvalue weighted by Gasteiger charge is -2.19. The first-order valence-corrected chi connectivity index (χ1v) is 6.97. The van der Waals surface area contributed by atoms with Gasteiger partial charge in [0.25, 0.3) is 0 Å². The first kappa shape index (κ1) is 15.8. The molecule has 0 heterocycles. The molecular formula is C16H18ClFN2O. The minimum Gasteiger partial charge on any atom is -0.496 e. The van der Waals surface area contributed by atoms with Crippen LogP contribution in [0.1, 0.15) is 22.7 Å². The van der Waals surface area contributed by atoms with Gasteiger partial charge in [0, 0.05) is 0 Å². The van der Waals surface area contributed by atoms with Gasteiger partial charge in [-0.2, -0.15) is 0 Å². The maximum atomic E-state index is 13.3. The Balaban J connectivity index is 2.30. The minimum atomic E-state index is -0.440. The van der Waals surface area contributed by atoms with Gasteiger partial charge in [0.1, 0.15) is 11.6 Å². The molecule has 3 N–H and O–H groups in total. The number of hydrazine groups is 1. The molecule has 1 atom stereocenters. The van der Waals surface area contributed by atoms with Crippen molar-refractivity contribution in [3.05, 3.63) is 63.9 Å². The van der Waals surface area contributed by atoms with Crippen LogP contribution in [0.15, 0.2) is 36.4 Å². The van der Waals surface area contributed by atoms with Crippen LogP contribution < -0.4 is 16.0 Å². The second kappa shape index (κ2) is 6.89. The highest BCUT2D eigenvalue weighted by Crippen LogP contribution is 2.27. The topological polar surface area (TPSA) is 47.3 Å². The Hall–Kier alpha value is -1.62. The third-order valence-electron chi connectivity index (χ3n) is 3.41. The van der Waals surface area contributed by atoms with Crippen molar-refractivity contribution in [1.29, 1.82) is 0 Å². The molecule has 2 aromatic carbocycles. The summed E-state index contributed by atoms with van der Waals surface area (Å²) in [5.41, 5.74) is 5.74. The van der Waals surface area contributed by atoms with Gasteiger partial charge in [-0.25, -0.2) is 4.39 Å². The van der Waals surface area contributed by atoms with Gasteiger partial charge in [-0.15, -0.1) is 0 Å². The third-order valence-corrected chi connectivity index (χ3v) is 3.70. The van der Waals surface area contributed by atoms with Crippen LogP contribution in [0.4, 0.5) is 4.39 Å². The van der Waals surface area contributed by atoms with Gasteiger partial charge in [0.2, 0.25) is 0 Å². The van der Waals surface area contributed by atoms with Crippen molar-refractivity contribution in [3.63, 3.8) is 0 Å². The Morgan fingerprint density at radius 2 is 2.05 bits per heavy atom. The van der Waals surface area contributed by atoms with E-state index in [1.165, 1.54) is 6.07 Å². The number of nitrogens with one attached hydrogen (secondary N) is 1. The number of nitrogens with two attached hydrogens (primary N) is 1. The molecule has 5 heteroatoms. The Morgan fingerprint density at radius 3 is 2.67 bits per heavy atom. The maximum absolute atomic E-state index is 13.3. The number of methoxy groups -OCH3 is 1. The first-order chi connectivity index (χ1) is 10.0. The molecule has 2 rings (SSSR count). The largest absolute Gasteiger partial charge is 0.496 e. The Bertz CT molecular complexity index is 634. The molecule has 0 aromatic heterocycles. The average Bonchev–Trinajstić information content (AvgIpc) is 2.48. The maximum Gasteiger partial charge on any atom is 0.141 e. The summed E-state index contributed by atoms with van der Waals surface area (Å²) >= 11 is 5.83. The SMILES string of the molecule is COc1ccc(C)cc1CC(NN)c1ccc(F)c(Cl)c1. The number of aryl methyl sites for hydroxylation is 1. The van der Waals surface area contributed by atoms with Crippen LogP contribution in [0.2, 0.25) is 5.02 Å². The van der Waals surface area contributed by atoms with E-state index < -0.39 is 5.82 Å². The lowest BCUT2D eigenvalue weighted by atomic mass is 9.97. The van der Waals surface area contributed by atoms with E-state index in [0.29, 0.717) is 6.42 Å². The minimum absolute atomic E-state index is 0.0870. The fourth-order valence-corrected chi connectivity index (χ4v) is 2.48. The molecular weight excluding hydrogens is 291 g/mol. The van der Waals surface area contributed by atoms with Gasteiger partial charge in [0.05, 0.1) is 18.2 Å². The van der Waals surface area contributed by atoms with Crippen molar-refractivity contribution in [2.24, 2.45) is 5.84 Å². The average molecular weight is 309 g/mol. The van der Waals surface area contributed by atoms with Gasteiger partial charge in [-0.1, -0.05) is 35.4 Å². The van der Waals surface area contributed by atoms with E-state index >= 15 is 0 Å². The number of hydrogen-bond acceptors (Lipinski definition) is 3. The van der Waals surface area contributed by atoms with Crippen molar-refractivity contribution in [2.75, 3.05) is 7.11 Å². The molecule has 0 saturated carbocycles. The van der Waals surface area contributed by atoms with E-state index in [2.05, 4.69) is 5.43 Å². The highest BCUT2D eigenvalue weighted by molar-refractivity contribution is 6.30. The second-order valence-electron chi connectivity index (χ2n) is 4.91. The first-order valence-electron chi connectivity index (χ1n) is 6.59. The molecule has 112 valence electrons. The van der Waals surface area contributed by atoms with Crippen molar-refractivity contribution in [2.45, 2.75) is 19.4 Å². The van der Waals surface area contributed by atoms with Gasteiger partial charge < -0.3 is 4.74 Å². The summed E-state index contributed by atoms with van der Waals surface area (Å²) in [5, 5.41) is 0.0870. The zero-order valence-electron chi connectivity index (χ0n) is 12.0. The van der Waals surface area contributed by atoms with Gasteiger partial charge >= 0.3 is 0 Å². The molecule has 0 saturated heterocycles. The second-order valence-corrected chi connectivity index (χ2v) is 5.32. The lowest BCUT2D eigenvalue weighted by molar-refractivity contribution is 0.405. The molecule has 1 unspecified atom stereocenters. The monoisotopic (exact) mass is 308 g/mol. The Labute approximate surface area is 128 Å². The quantitative estimate of drug-likeness (QED) is 0.656. The number of hydrogen-bond donors (Lipinski definition) is 2. The fraction of sp³-hybridized carbons (Fsp3) is 0.250. The molecule has 3 nitrogen and oxygen atoms in total. The highest BCUT2D eigenvalue weighted by atomic mass is 35.5. The standard InChI is InChI=1S/C16H18ClFN2O/c1-10-3-6-16(21-2)12(7-10)9-15(20-19)11-4-5-14(18)13(17)8-11/h3-8,15,20H,9,19H2,1-2H3. The molecule has 0 spiro atoms. The summed E-state index contributed by atoms with van der Waals surface area (Å²) in [6, 6.07) is 10.4. The number of rotatable bonds is 5. The smallest absolute Gasteiger partial charge is 0.141 e. The molecule has 0 fully saturated rings. The van der Waals surface area contributed by atoms with E-state index in [1.54, 1.807) is 19.2 Å². The predicted molar refractivity (Wildman–Crippen MR) is 82.9 cm³/mol. The summed E-state index contributed by atoms with van der Waals surface area (Å²) in [7, 11) is 1.63. The van der Waals surface area contributed by atoms with Crippen LogP contribution in [0, 0.1) is 12.7 Å². The lowest BCUT2D eigenvalue weighted by Crippen LogP contribution is -2.29. The zero-order valence-corrected chi connectivity index (χ0v) is 12.7. The van der Waals surface area contributed by atoms with Gasteiger partial charge in [0.15, 0.2) is 0 Å². The normalized spacial score (nSPS) is 12.2. The van der Waals surface area contributed by atoms with Crippen LogP contribution in [0.3, 0.4) is 0 Å². The molecule has 0 aliphatic carbocycles. The van der Waals surface area contributed by atoms with E-state index in [1.807, 2.05) is 25.1 Å². The van der Waals surface area contributed by atoms with Crippen molar-refractivity contribution < 1.29 is 9.13 Å². The summed E-state index contributed by atoms with van der Waals surface area (Å²) in [5.74, 6) is 6.00. The highest BCUT2D eigenvalue weighted by Gasteiger charge is 2.15. The molecule has 2 aromatic rings. The van der Waals surface area contributed by atoms with E-state index in [-0.39, 0.29) is 11.1 Å². The molecule has 0 bridgehead atoms. The van der Waals surface area contributed by atoms with Gasteiger partial charge in [-0.3, -0.25) is 11.3 Å². The number of benzene rings is 2. The molecule has 21 heavy (non-hydrogen) atoms. The van der Waals surface area contributed by atoms with Crippen LogP contribution in [0.5, 0.6) is 5.75 Å². The summed E-state index contributed by atoms with van der Waals surface area (Å²) in [6.07, 6.45) is 0.614. The van der Waals surface area contributed by atoms with Gasteiger partial charge in [-0.05, 0) is 42.7 Å². The fourth-order valence-electron chi connectivity index (χ4n) is 2.29. The Kier molecular flexibility index (Phi) is 5.17. The predicted octanol–water partition coefficient (Wildman–Crippen LogP) is 3.54. The summed E-state index contributed by atoms with van der Waals surface area (Å²) in [6.45, 7) is 2.02. The zero-order chi connectivity index (χ0) is 15.4. The van der Waals surface area contributed by atoms with Crippen molar-refractivity contribution in [1.82, 2.24) is 5.43 Å². The number of ether oxygens (including phenoxy) is 1. The van der Waals surface area contributed by atoms with Crippen LogP contribution in [-0.4, -0.2) is 7.11 Å². The van der Waals surface area contributed by atoms with E-state index in [9.17, 15) is 4.39 Å². The van der Waals surface area contributed by atoms with Crippen molar-refractivity contribution >= 4 is 11.6 Å². The molecule has 0 amide bonds. The molecule has 0 radical (unpaired) electrons. The molecule has 0 aliphatic heterocycles. The van der Waals surface area contributed by atoms with Crippen molar-refractivity contribution in [3.8, 4) is 5.75 Å². The summed E-state index contributed by atoms with van der Waals surface area (Å²) in [4.78, 5) is 0. The Morgan fingerprint density at radius 1 is 1.29 bits per heavy atom.